The van der Waals surface area contributed by atoms with Crippen molar-refractivity contribution in [3.05, 3.63) is 46.4 Å². The van der Waals surface area contributed by atoms with Gasteiger partial charge < -0.3 is 23.7 Å². The average molecular weight is 639 g/mol. The van der Waals surface area contributed by atoms with Crippen LogP contribution < -0.4 is 9.47 Å². The summed E-state index contributed by atoms with van der Waals surface area (Å²) < 4.78 is 53.6. The van der Waals surface area contributed by atoms with E-state index in [1.165, 1.54) is 50.2 Å². The van der Waals surface area contributed by atoms with Gasteiger partial charge in [0.1, 0.15) is 31.2 Å². The topological polar surface area (TPSA) is 118 Å². The fourth-order valence-electron chi connectivity index (χ4n) is 3.82. The van der Waals surface area contributed by atoms with Gasteiger partial charge in [0.05, 0.1) is 38.9 Å². The van der Waals surface area contributed by atoms with Crippen LogP contribution in [0.15, 0.2) is 46.2 Å². The van der Waals surface area contributed by atoms with Crippen LogP contribution in [0.2, 0.25) is 10.0 Å². The molecular formula is C26H30Cl3NO9S. The summed E-state index contributed by atoms with van der Waals surface area (Å²) in [6, 6.07) is 8.25. The van der Waals surface area contributed by atoms with Crippen molar-refractivity contribution in [2.75, 3.05) is 51.9 Å². The van der Waals surface area contributed by atoms with Crippen molar-refractivity contribution in [1.82, 2.24) is 4.90 Å². The molecule has 40 heavy (non-hydrogen) atoms. The number of carbonyl (C=O) groups is 2. The molecule has 14 heteroatoms. The van der Waals surface area contributed by atoms with Crippen LogP contribution in [0.25, 0.3) is 0 Å². The van der Waals surface area contributed by atoms with Crippen LogP contribution in [0.5, 0.6) is 11.5 Å². The fraction of sp³-hybridized carbons (Fsp3) is 0.462. The van der Waals surface area contributed by atoms with Gasteiger partial charge >= 0.3 is 11.9 Å². The van der Waals surface area contributed by atoms with Crippen molar-refractivity contribution in [2.45, 2.75) is 35.8 Å². The van der Waals surface area contributed by atoms with Gasteiger partial charge in [0.25, 0.3) is 0 Å². The summed E-state index contributed by atoms with van der Waals surface area (Å²) in [7, 11) is -3.99. The van der Waals surface area contributed by atoms with Gasteiger partial charge in [-0.2, -0.15) is 0 Å². The first kappa shape index (κ1) is 32.2. The molecule has 0 aromatic heterocycles. The van der Waals surface area contributed by atoms with E-state index in [0.29, 0.717) is 25.5 Å². The van der Waals surface area contributed by atoms with E-state index in [-0.39, 0.29) is 44.7 Å². The van der Waals surface area contributed by atoms with Crippen molar-refractivity contribution in [1.29, 1.82) is 0 Å². The Morgan fingerprint density at radius 3 is 2.00 bits per heavy atom. The number of alkyl halides is 1. The van der Waals surface area contributed by atoms with Crippen LogP contribution in [0.1, 0.15) is 13.8 Å². The molecule has 2 atom stereocenters. The van der Waals surface area contributed by atoms with Crippen molar-refractivity contribution in [3.63, 3.8) is 0 Å². The lowest BCUT2D eigenvalue weighted by atomic mass is 10.3. The van der Waals surface area contributed by atoms with Crippen molar-refractivity contribution in [3.8, 4) is 11.5 Å². The number of sulfone groups is 1. The van der Waals surface area contributed by atoms with Gasteiger partial charge in [0.2, 0.25) is 9.84 Å². The van der Waals surface area contributed by atoms with E-state index in [0.717, 1.165) is 13.1 Å². The highest BCUT2D eigenvalue weighted by atomic mass is 35.5. The zero-order chi connectivity index (χ0) is 29.3. The zero-order valence-corrected chi connectivity index (χ0v) is 25.0. The van der Waals surface area contributed by atoms with E-state index in [4.69, 9.17) is 58.5 Å². The van der Waals surface area contributed by atoms with Crippen LogP contribution in [0.3, 0.4) is 0 Å². The lowest BCUT2D eigenvalue weighted by Gasteiger charge is -2.30. The largest absolute Gasteiger partial charge is 0.490 e. The normalized spacial score (nSPS) is 15.6. The highest BCUT2D eigenvalue weighted by Gasteiger charge is 2.24. The summed E-state index contributed by atoms with van der Waals surface area (Å²) in [4.78, 5) is 24.7. The van der Waals surface area contributed by atoms with Gasteiger partial charge in [0.15, 0.2) is 5.75 Å². The second kappa shape index (κ2) is 15.1. The number of carbonyl (C=O) groups excluding carboxylic acids is 2. The fourth-order valence-corrected chi connectivity index (χ4v) is 6.01. The van der Waals surface area contributed by atoms with E-state index >= 15 is 0 Å². The second-order valence-corrected chi connectivity index (χ2v) is 11.9. The Morgan fingerprint density at radius 1 is 0.900 bits per heavy atom. The molecule has 1 aliphatic heterocycles. The van der Waals surface area contributed by atoms with Gasteiger partial charge in [-0.1, -0.05) is 23.2 Å². The minimum absolute atomic E-state index is 0.0115. The van der Waals surface area contributed by atoms with Gasteiger partial charge in [0, 0.05) is 33.5 Å². The van der Waals surface area contributed by atoms with Crippen molar-refractivity contribution >= 4 is 56.6 Å². The first-order chi connectivity index (χ1) is 19.0. The highest BCUT2D eigenvalue weighted by Crippen LogP contribution is 2.37. The van der Waals surface area contributed by atoms with Crippen molar-refractivity contribution in [2.24, 2.45) is 0 Å². The predicted molar refractivity (Wildman–Crippen MR) is 148 cm³/mol. The van der Waals surface area contributed by atoms with E-state index in [2.05, 4.69) is 4.90 Å². The summed E-state index contributed by atoms with van der Waals surface area (Å²) in [5.74, 6) is -0.520. The number of halogens is 3. The monoisotopic (exact) mass is 637 g/mol. The lowest BCUT2D eigenvalue weighted by molar-refractivity contribution is -0.149. The molecule has 10 nitrogen and oxygen atoms in total. The summed E-state index contributed by atoms with van der Waals surface area (Å²) >= 11 is 18.3. The summed E-state index contributed by atoms with van der Waals surface area (Å²) in [5.41, 5.74) is 0. The quantitative estimate of drug-likeness (QED) is 0.235. The minimum atomic E-state index is -3.99. The Balaban J connectivity index is 1.67. The predicted octanol–water partition coefficient (Wildman–Crippen LogP) is 4.02. The third kappa shape index (κ3) is 9.39. The van der Waals surface area contributed by atoms with Crippen LogP contribution in [0, 0.1) is 0 Å². The number of morpholine rings is 1. The molecular weight excluding hydrogens is 609 g/mol. The molecule has 0 amide bonds. The molecule has 2 aromatic carbocycles. The molecule has 0 bridgehead atoms. The van der Waals surface area contributed by atoms with Gasteiger partial charge in [-0.25, -0.2) is 8.42 Å². The van der Waals surface area contributed by atoms with Crippen LogP contribution in [0.4, 0.5) is 0 Å². The van der Waals surface area contributed by atoms with E-state index in [1.807, 2.05) is 0 Å². The van der Waals surface area contributed by atoms with E-state index < -0.39 is 34.0 Å². The number of rotatable bonds is 13. The molecule has 0 unspecified atom stereocenters. The number of nitrogens with zero attached hydrogens (tertiary/aromatic N) is 1. The maximum Gasteiger partial charge on any atom is 0.303 e. The molecule has 0 spiro atoms. The molecule has 1 fully saturated rings. The summed E-state index contributed by atoms with van der Waals surface area (Å²) in [6.45, 7) is 5.72. The summed E-state index contributed by atoms with van der Waals surface area (Å²) in [5, 5.41) is -0.0853. The third-order valence-corrected chi connectivity index (χ3v) is 8.32. The van der Waals surface area contributed by atoms with Gasteiger partial charge in [-0.05, 0) is 36.4 Å². The lowest BCUT2D eigenvalue weighted by Crippen LogP contribution is -2.43. The van der Waals surface area contributed by atoms with Gasteiger partial charge in [-0.15, -0.1) is 11.6 Å². The van der Waals surface area contributed by atoms with Crippen LogP contribution >= 0.6 is 34.8 Å². The Hall–Kier alpha value is -2.28. The van der Waals surface area contributed by atoms with E-state index in [9.17, 15) is 18.0 Å². The average Bonchev–Trinajstić information content (AvgIpc) is 2.90. The molecule has 1 heterocycles. The Kier molecular flexibility index (Phi) is 12.2. The molecule has 1 aliphatic rings. The molecule has 0 aliphatic carbocycles. The number of ether oxygens (including phenoxy) is 5. The summed E-state index contributed by atoms with van der Waals surface area (Å²) in [6.07, 6.45) is -1.24. The Bertz CT molecular complexity index is 1250. The third-order valence-electron chi connectivity index (χ3n) is 5.67. The van der Waals surface area contributed by atoms with Gasteiger partial charge in [-0.3, -0.25) is 14.5 Å². The number of esters is 2. The number of benzene rings is 2. The molecule has 0 saturated carbocycles. The van der Waals surface area contributed by atoms with Crippen LogP contribution in [-0.4, -0.2) is 89.4 Å². The molecule has 220 valence electrons. The molecule has 1 saturated heterocycles. The SMILES string of the molecule is CC(=O)O[C@@H](CCl)COc1c(Cl)cc(S(=O)(=O)c2ccc(OC[C@@H](CN3CCOCC3)OC(C)=O)cc2)cc1Cl. The maximum absolute atomic E-state index is 13.3. The first-order valence-corrected chi connectivity index (χ1v) is 15.1. The molecule has 0 N–H and O–H groups in total. The van der Waals surface area contributed by atoms with E-state index in [1.54, 1.807) is 0 Å². The highest BCUT2D eigenvalue weighted by molar-refractivity contribution is 7.91. The van der Waals surface area contributed by atoms with Crippen molar-refractivity contribution < 1.29 is 41.7 Å². The zero-order valence-electron chi connectivity index (χ0n) is 21.9. The van der Waals surface area contributed by atoms with Crippen LogP contribution in [-0.2, 0) is 33.6 Å². The number of hydrogen-bond acceptors (Lipinski definition) is 10. The smallest absolute Gasteiger partial charge is 0.303 e. The minimum Gasteiger partial charge on any atom is -0.490 e. The maximum atomic E-state index is 13.3. The number of hydrogen-bond donors (Lipinski definition) is 0. The molecule has 3 rings (SSSR count). The Morgan fingerprint density at radius 2 is 1.45 bits per heavy atom. The Labute approximate surface area is 248 Å². The standard InChI is InChI=1S/C26H30Cl3NO9S/c1-17(31)38-20(13-27)15-37-26-24(28)11-23(12-25(26)29)40(33,34)22-5-3-19(4-6-22)36-16-21(39-18(2)32)14-30-7-9-35-10-8-30/h3-6,11-12,20-21H,7-10,13-16H2,1-2H3/t20-,21+/m0/s1. The second-order valence-electron chi connectivity index (χ2n) is 8.84. The molecule has 0 radical (unpaired) electrons. The molecule has 2 aromatic rings. The first-order valence-electron chi connectivity index (χ1n) is 12.3.